The van der Waals surface area contributed by atoms with Gasteiger partial charge in [-0.1, -0.05) is 17.7 Å². The summed E-state index contributed by atoms with van der Waals surface area (Å²) in [7, 11) is 1.91. The fourth-order valence-electron chi connectivity index (χ4n) is 2.21. The van der Waals surface area contributed by atoms with Crippen LogP contribution in [-0.2, 0) is 17.9 Å². The van der Waals surface area contributed by atoms with E-state index >= 15 is 0 Å². The van der Waals surface area contributed by atoms with Gasteiger partial charge in [-0.05, 0) is 31.7 Å². The van der Waals surface area contributed by atoms with Gasteiger partial charge in [0.1, 0.15) is 6.54 Å². The van der Waals surface area contributed by atoms with E-state index in [-0.39, 0.29) is 5.91 Å². The second-order valence-electron chi connectivity index (χ2n) is 4.43. The minimum absolute atomic E-state index is 0.00961. The lowest BCUT2D eigenvalue weighted by atomic mass is 10.2. The number of rotatable bonds is 5. The molecule has 5 heteroatoms. The van der Waals surface area contributed by atoms with Crippen molar-refractivity contribution in [2.24, 2.45) is 0 Å². The molecule has 0 saturated heterocycles. The van der Waals surface area contributed by atoms with Crippen LogP contribution in [0, 0.1) is 0 Å². The van der Waals surface area contributed by atoms with Gasteiger partial charge in [0, 0.05) is 29.7 Å². The molecule has 2 N–H and O–H groups in total. The Morgan fingerprint density at radius 3 is 2.89 bits per heavy atom. The summed E-state index contributed by atoms with van der Waals surface area (Å²) in [6.07, 6.45) is 2.01. The van der Waals surface area contributed by atoms with E-state index in [2.05, 4.69) is 10.6 Å². The number of carbonyl (C=O) groups is 1. The highest BCUT2D eigenvalue weighted by Gasteiger charge is 2.10. The first-order valence-corrected chi connectivity index (χ1v) is 6.72. The van der Waals surface area contributed by atoms with Gasteiger partial charge in [0.05, 0.1) is 5.52 Å². The van der Waals surface area contributed by atoms with Gasteiger partial charge in [-0.3, -0.25) is 4.79 Å². The average molecular weight is 280 g/mol. The van der Waals surface area contributed by atoms with Crippen LogP contribution in [0.15, 0.2) is 24.4 Å². The van der Waals surface area contributed by atoms with Crippen molar-refractivity contribution < 1.29 is 4.79 Å². The lowest BCUT2D eigenvalue weighted by Crippen LogP contribution is -2.26. The molecule has 0 atom stereocenters. The Kier molecular flexibility index (Phi) is 4.45. The molecular formula is C14H18ClN3O. The number of likely N-dealkylation sites (N-methyl/N-ethyl adjacent to an activating group) is 1. The lowest BCUT2D eigenvalue weighted by Gasteiger charge is -2.05. The number of nitrogens with zero attached hydrogens (tertiary/aromatic N) is 1. The summed E-state index contributed by atoms with van der Waals surface area (Å²) in [5, 5.41) is 7.75. The number of benzene rings is 1. The fraction of sp³-hybridized carbons (Fsp3) is 0.357. The number of aromatic nitrogens is 1. The van der Waals surface area contributed by atoms with Crippen molar-refractivity contribution >= 4 is 28.4 Å². The van der Waals surface area contributed by atoms with E-state index in [1.807, 2.05) is 42.9 Å². The van der Waals surface area contributed by atoms with Gasteiger partial charge in [-0.25, -0.2) is 0 Å². The lowest BCUT2D eigenvalue weighted by molar-refractivity contribution is -0.121. The van der Waals surface area contributed by atoms with Crippen molar-refractivity contribution in [3.63, 3.8) is 0 Å². The van der Waals surface area contributed by atoms with Gasteiger partial charge in [0.25, 0.3) is 0 Å². The molecule has 1 heterocycles. The molecule has 0 aliphatic heterocycles. The molecule has 2 aromatic rings. The highest BCUT2D eigenvalue weighted by molar-refractivity contribution is 6.31. The molecule has 1 aromatic heterocycles. The summed E-state index contributed by atoms with van der Waals surface area (Å²) < 4.78 is 1.94. The molecule has 0 unspecified atom stereocenters. The monoisotopic (exact) mass is 279 g/mol. The summed E-state index contributed by atoms with van der Waals surface area (Å²) in [5.74, 6) is 0.00961. The van der Waals surface area contributed by atoms with E-state index in [9.17, 15) is 4.79 Å². The van der Waals surface area contributed by atoms with Crippen LogP contribution in [0.2, 0.25) is 5.02 Å². The maximum absolute atomic E-state index is 11.7. The van der Waals surface area contributed by atoms with Gasteiger partial charge in [0.2, 0.25) is 5.91 Å². The number of nitrogens with one attached hydrogen (secondary N) is 2. The second kappa shape index (κ2) is 6.08. The Hall–Kier alpha value is -1.52. The molecule has 19 heavy (non-hydrogen) atoms. The van der Waals surface area contributed by atoms with E-state index in [4.69, 9.17) is 11.6 Å². The predicted molar refractivity (Wildman–Crippen MR) is 78.4 cm³/mol. The first kappa shape index (κ1) is 13.9. The molecular weight excluding hydrogens is 262 g/mol. The molecule has 0 spiro atoms. The number of carbonyl (C=O) groups excluding carboxylic acids is 1. The fourth-order valence-corrected chi connectivity index (χ4v) is 2.38. The molecule has 0 bridgehead atoms. The Balaban J connectivity index is 2.41. The smallest absolute Gasteiger partial charge is 0.239 e. The van der Waals surface area contributed by atoms with E-state index in [0.29, 0.717) is 18.1 Å². The van der Waals surface area contributed by atoms with Crippen LogP contribution in [-0.4, -0.2) is 24.1 Å². The Morgan fingerprint density at radius 1 is 1.42 bits per heavy atom. The van der Waals surface area contributed by atoms with Gasteiger partial charge in [-0.15, -0.1) is 0 Å². The number of halogens is 1. The highest BCUT2D eigenvalue weighted by Crippen LogP contribution is 2.24. The van der Waals surface area contributed by atoms with Crippen molar-refractivity contribution in [2.75, 3.05) is 13.6 Å². The van der Waals surface area contributed by atoms with Crippen molar-refractivity contribution in [2.45, 2.75) is 20.0 Å². The Bertz CT molecular complexity index is 592. The Labute approximate surface area is 117 Å². The van der Waals surface area contributed by atoms with Gasteiger partial charge in [0.15, 0.2) is 0 Å². The van der Waals surface area contributed by atoms with E-state index in [0.717, 1.165) is 17.4 Å². The Morgan fingerprint density at radius 2 is 2.21 bits per heavy atom. The number of hydrogen-bond acceptors (Lipinski definition) is 2. The molecule has 0 saturated carbocycles. The molecule has 0 fully saturated rings. The van der Waals surface area contributed by atoms with Crippen molar-refractivity contribution in [3.05, 3.63) is 35.0 Å². The summed E-state index contributed by atoms with van der Waals surface area (Å²) in [4.78, 5) is 11.7. The zero-order valence-corrected chi connectivity index (χ0v) is 11.9. The highest BCUT2D eigenvalue weighted by atomic mass is 35.5. The minimum Gasteiger partial charge on any atom is -0.355 e. The standard InChI is InChI=1S/C14H18ClN3O/c1-3-17-14(19)9-18-8-10(7-16-2)12-5-4-11(15)6-13(12)18/h4-6,8,16H,3,7,9H2,1-2H3,(H,17,19). The molecule has 4 nitrogen and oxygen atoms in total. The van der Waals surface area contributed by atoms with Crippen LogP contribution in [0.3, 0.4) is 0 Å². The number of hydrogen-bond donors (Lipinski definition) is 2. The largest absolute Gasteiger partial charge is 0.355 e. The van der Waals surface area contributed by atoms with Crippen LogP contribution >= 0.6 is 11.6 Å². The predicted octanol–water partition coefficient (Wildman–Crippen LogP) is 2.15. The third-order valence-electron chi connectivity index (χ3n) is 2.98. The first-order chi connectivity index (χ1) is 9.15. The molecule has 102 valence electrons. The molecule has 1 aromatic carbocycles. The number of fused-ring (bicyclic) bond motifs is 1. The normalized spacial score (nSPS) is 10.9. The zero-order valence-electron chi connectivity index (χ0n) is 11.2. The van der Waals surface area contributed by atoms with E-state index in [1.165, 1.54) is 5.56 Å². The summed E-state index contributed by atoms with van der Waals surface area (Å²) in [5.41, 5.74) is 2.16. The number of amides is 1. The summed E-state index contributed by atoms with van der Waals surface area (Å²) in [6.45, 7) is 3.63. The topological polar surface area (TPSA) is 46.1 Å². The van der Waals surface area contributed by atoms with Crippen LogP contribution in [0.5, 0.6) is 0 Å². The zero-order chi connectivity index (χ0) is 13.8. The van der Waals surface area contributed by atoms with Crippen LogP contribution < -0.4 is 10.6 Å². The molecule has 0 aliphatic rings. The van der Waals surface area contributed by atoms with Crippen LogP contribution in [0.25, 0.3) is 10.9 Å². The second-order valence-corrected chi connectivity index (χ2v) is 4.86. The molecule has 0 aliphatic carbocycles. The third kappa shape index (κ3) is 3.08. The third-order valence-corrected chi connectivity index (χ3v) is 3.22. The first-order valence-electron chi connectivity index (χ1n) is 6.34. The SMILES string of the molecule is CCNC(=O)Cn1cc(CNC)c2ccc(Cl)cc21. The van der Waals surface area contributed by atoms with Crippen LogP contribution in [0.4, 0.5) is 0 Å². The summed E-state index contributed by atoms with van der Waals surface area (Å²) in [6, 6.07) is 5.77. The van der Waals surface area contributed by atoms with Crippen molar-refractivity contribution in [1.29, 1.82) is 0 Å². The van der Waals surface area contributed by atoms with Gasteiger partial charge >= 0.3 is 0 Å². The van der Waals surface area contributed by atoms with Crippen molar-refractivity contribution in [3.8, 4) is 0 Å². The quantitative estimate of drug-likeness (QED) is 0.881. The van der Waals surface area contributed by atoms with Gasteiger partial charge in [-0.2, -0.15) is 0 Å². The minimum atomic E-state index is 0.00961. The maximum atomic E-state index is 11.7. The molecule has 0 radical (unpaired) electrons. The van der Waals surface area contributed by atoms with E-state index in [1.54, 1.807) is 0 Å². The summed E-state index contributed by atoms with van der Waals surface area (Å²) >= 11 is 6.05. The van der Waals surface area contributed by atoms with Gasteiger partial charge < -0.3 is 15.2 Å². The average Bonchev–Trinajstić information content (AvgIpc) is 2.68. The molecule has 1 amide bonds. The van der Waals surface area contributed by atoms with Crippen molar-refractivity contribution in [1.82, 2.24) is 15.2 Å². The maximum Gasteiger partial charge on any atom is 0.239 e. The molecule has 2 rings (SSSR count). The van der Waals surface area contributed by atoms with E-state index < -0.39 is 0 Å². The van der Waals surface area contributed by atoms with Crippen LogP contribution in [0.1, 0.15) is 12.5 Å².